The normalized spacial score (nSPS) is 11.8. The molecule has 27 heavy (non-hydrogen) atoms. The molecule has 0 N–H and O–H groups in total. The fraction of sp³-hybridized carbons (Fsp3) is 0.381. The van der Waals surface area contributed by atoms with Crippen molar-refractivity contribution in [1.82, 2.24) is 4.57 Å². The molecular weight excluding hydrogens is 344 g/mol. The van der Waals surface area contributed by atoms with Crippen molar-refractivity contribution in [3.63, 3.8) is 0 Å². The number of ether oxygens (including phenoxy) is 2. The van der Waals surface area contributed by atoms with Crippen molar-refractivity contribution in [2.45, 2.75) is 39.8 Å². The number of hydrogen-bond acceptors (Lipinski definition) is 5. The van der Waals surface area contributed by atoms with Crippen LogP contribution < -0.4 is 5.49 Å². The topological polar surface area (TPSA) is 69.9 Å². The van der Waals surface area contributed by atoms with E-state index in [9.17, 15) is 9.59 Å². The first-order valence-corrected chi connectivity index (χ1v) is 8.87. The van der Waals surface area contributed by atoms with Gasteiger partial charge in [-0.1, -0.05) is 30.3 Å². The first-order chi connectivity index (χ1) is 12.8. The summed E-state index contributed by atoms with van der Waals surface area (Å²) in [6.45, 7) is 7.77. The number of benzene rings is 1. The van der Waals surface area contributed by atoms with Crippen molar-refractivity contribution in [1.29, 1.82) is 0 Å². The fourth-order valence-corrected chi connectivity index (χ4v) is 2.97. The van der Waals surface area contributed by atoms with Crippen LogP contribution in [0.5, 0.6) is 0 Å². The number of hydrogen-bond donors (Lipinski definition) is 0. The molecule has 0 aliphatic heterocycles. The maximum Gasteiger partial charge on any atom is 0.355 e. The van der Waals surface area contributed by atoms with Crippen molar-refractivity contribution in [2.24, 2.45) is 4.99 Å². The lowest BCUT2D eigenvalue weighted by Crippen LogP contribution is -2.33. The number of methoxy groups -OCH3 is 2. The second kappa shape index (κ2) is 8.66. The van der Waals surface area contributed by atoms with Crippen LogP contribution in [0.1, 0.15) is 54.6 Å². The largest absolute Gasteiger partial charge is 0.465 e. The monoisotopic (exact) mass is 370 g/mol. The highest BCUT2D eigenvalue weighted by Crippen LogP contribution is 2.27. The Morgan fingerprint density at radius 3 is 2.04 bits per heavy atom. The molecule has 0 spiro atoms. The third-order valence-electron chi connectivity index (χ3n) is 4.03. The van der Waals surface area contributed by atoms with E-state index < -0.39 is 11.9 Å². The van der Waals surface area contributed by atoms with E-state index >= 15 is 0 Å². The lowest BCUT2D eigenvalue weighted by molar-refractivity contribution is 0.0542. The standard InChI is InChI=1S/C21H26N2O4/c1-13(2)22-17-12-16(15-10-8-7-9-11-15)18(20(24)26-5)19(21(25)27-6)23(17)14(3)4/h7-14H,1-6H3. The van der Waals surface area contributed by atoms with Crippen LogP contribution in [0.25, 0.3) is 11.1 Å². The van der Waals surface area contributed by atoms with Gasteiger partial charge in [-0.15, -0.1) is 0 Å². The van der Waals surface area contributed by atoms with Crippen molar-refractivity contribution in [3.05, 3.63) is 53.1 Å². The van der Waals surface area contributed by atoms with Crippen molar-refractivity contribution in [2.75, 3.05) is 14.2 Å². The highest BCUT2D eigenvalue weighted by atomic mass is 16.5. The zero-order valence-corrected chi connectivity index (χ0v) is 16.6. The van der Waals surface area contributed by atoms with Crippen molar-refractivity contribution >= 4 is 11.9 Å². The molecular formula is C21H26N2O4. The van der Waals surface area contributed by atoms with E-state index in [0.717, 1.165) is 5.56 Å². The Labute approximate surface area is 159 Å². The maximum absolute atomic E-state index is 12.7. The molecule has 0 fully saturated rings. The lowest BCUT2D eigenvalue weighted by atomic mass is 9.97. The predicted molar refractivity (Wildman–Crippen MR) is 104 cm³/mol. The van der Waals surface area contributed by atoms with Crippen LogP contribution in [0.15, 0.2) is 41.4 Å². The van der Waals surface area contributed by atoms with Gasteiger partial charge in [0.1, 0.15) is 11.2 Å². The van der Waals surface area contributed by atoms with E-state index in [0.29, 0.717) is 11.1 Å². The minimum absolute atomic E-state index is 0.00750. The lowest BCUT2D eigenvalue weighted by Gasteiger charge is -2.22. The van der Waals surface area contributed by atoms with Crippen LogP contribution in [0.3, 0.4) is 0 Å². The van der Waals surface area contributed by atoms with Crippen LogP contribution in [0.4, 0.5) is 0 Å². The molecule has 2 rings (SSSR count). The Bertz CT molecular complexity index is 896. The highest BCUT2D eigenvalue weighted by Gasteiger charge is 2.28. The Morgan fingerprint density at radius 2 is 1.56 bits per heavy atom. The summed E-state index contributed by atoms with van der Waals surface area (Å²) in [6, 6.07) is 11.1. The molecule has 2 aromatic rings. The van der Waals surface area contributed by atoms with E-state index in [1.54, 1.807) is 4.57 Å². The third kappa shape index (κ3) is 4.27. The molecule has 0 aliphatic carbocycles. The number of carbonyl (C=O) groups is 2. The average molecular weight is 370 g/mol. The summed E-state index contributed by atoms with van der Waals surface area (Å²) in [5.41, 5.74) is 2.29. The number of pyridine rings is 1. The quantitative estimate of drug-likeness (QED) is 0.754. The molecule has 0 saturated carbocycles. The summed E-state index contributed by atoms with van der Waals surface area (Å²) in [5.74, 6) is -1.21. The van der Waals surface area contributed by atoms with Gasteiger partial charge in [-0.05, 0) is 39.3 Å². The first kappa shape index (κ1) is 20.4. The molecule has 6 heteroatoms. The zero-order valence-electron chi connectivity index (χ0n) is 16.6. The second-order valence-corrected chi connectivity index (χ2v) is 6.68. The smallest absolute Gasteiger partial charge is 0.355 e. The maximum atomic E-state index is 12.7. The van der Waals surface area contributed by atoms with Gasteiger partial charge < -0.3 is 14.0 Å². The Hall–Kier alpha value is -2.89. The molecule has 1 heterocycles. The van der Waals surface area contributed by atoms with Gasteiger partial charge in [-0.3, -0.25) is 4.99 Å². The zero-order chi connectivity index (χ0) is 20.1. The molecule has 0 bridgehead atoms. The van der Waals surface area contributed by atoms with E-state index in [2.05, 4.69) is 4.99 Å². The van der Waals surface area contributed by atoms with Gasteiger partial charge in [0.25, 0.3) is 0 Å². The Kier molecular flexibility index (Phi) is 6.55. The van der Waals surface area contributed by atoms with Gasteiger partial charge in [0.15, 0.2) is 0 Å². The molecule has 144 valence electrons. The second-order valence-electron chi connectivity index (χ2n) is 6.68. The molecule has 0 atom stereocenters. The van der Waals surface area contributed by atoms with Gasteiger partial charge in [0.05, 0.1) is 19.8 Å². The summed E-state index contributed by atoms with van der Waals surface area (Å²) in [4.78, 5) is 30.1. The summed E-state index contributed by atoms with van der Waals surface area (Å²) >= 11 is 0. The Morgan fingerprint density at radius 1 is 0.963 bits per heavy atom. The Balaban J connectivity index is 3.09. The van der Waals surface area contributed by atoms with E-state index in [1.165, 1.54) is 14.2 Å². The summed E-state index contributed by atoms with van der Waals surface area (Å²) < 4.78 is 11.7. The molecule has 1 aromatic carbocycles. The number of carbonyl (C=O) groups excluding carboxylic acids is 2. The molecule has 0 amide bonds. The minimum Gasteiger partial charge on any atom is -0.465 e. The summed E-state index contributed by atoms with van der Waals surface area (Å²) in [5, 5.41) is 0. The predicted octanol–water partition coefficient (Wildman–Crippen LogP) is 3.62. The molecule has 6 nitrogen and oxygen atoms in total. The SMILES string of the molecule is COC(=O)c1c(-c2ccccc2)cc(=NC(C)C)n(C(C)C)c1C(=O)OC. The van der Waals surface area contributed by atoms with E-state index in [4.69, 9.17) is 9.47 Å². The summed E-state index contributed by atoms with van der Waals surface area (Å²) in [6.07, 6.45) is 0. The van der Waals surface area contributed by atoms with E-state index in [-0.39, 0.29) is 23.3 Å². The number of rotatable bonds is 5. The van der Waals surface area contributed by atoms with Gasteiger partial charge in [0.2, 0.25) is 0 Å². The first-order valence-electron chi connectivity index (χ1n) is 8.87. The third-order valence-corrected chi connectivity index (χ3v) is 4.03. The molecule has 0 saturated heterocycles. The average Bonchev–Trinajstić information content (AvgIpc) is 2.65. The van der Waals surface area contributed by atoms with Crippen LogP contribution in [0.2, 0.25) is 0 Å². The molecule has 0 radical (unpaired) electrons. The fourth-order valence-electron chi connectivity index (χ4n) is 2.97. The van der Waals surface area contributed by atoms with Crippen LogP contribution in [0, 0.1) is 0 Å². The van der Waals surface area contributed by atoms with Crippen LogP contribution in [-0.4, -0.2) is 36.8 Å². The molecule has 0 aliphatic rings. The number of nitrogens with zero attached hydrogens (tertiary/aromatic N) is 2. The van der Waals surface area contributed by atoms with Gasteiger partial charge >= 0.3 is 11.9 Å². The highest BCUT2D eigenvalue weighted by molar-refractivity contribution is 6.06. The minimum atomic E-state index is -0.609. The van der Waals surface area contributed by atoms with Crippen LogP contribution >= 0.6 is 0 Å². The van der Waals surface area contributed by atoms with Crippen molar-refractivity contribution in [3.8, 4) is 11.1 Å². The van der Waals surface area contributed by atoms with Gasteiger partial charge in [0, 0.05) is 17.6 Å². The van der Waals surface area contributed by atoms with Crippen LogP contribution in [-0.2, 0) is 9.47 Å². The summed E-state index contributed by atoms with van der Waals surface area (Å²) in [7, 11) is 2.59. The molecule has 1 aromatic heterocycles. The number of aromatic nitrogens is 1. The number of esters is 2. The van der Waals surface area contributed by atoms with Gasteiger partial charge in [-0.25, -0.2) is 9.59 Å². The van der Waals surface area contributed by atoms with Gasteiger partial charge in [-0.2, -0.15) is 0 Å². The molecule has 0 unspecified atom stereocenters. The van der Waals surface area contributed by atoms with E-state index in [1.807, 2.05) is 64.1 Å². The van der Waals surface area contributed by atoms with Crippen molar-refractivity contribution < 1.29 is 19.1 Å².